The van der Waals surface area contributed by atoms with Crippen LogP contribution in [0, 0.1) is 0 Å². The lowest BCUT2D eigenvalue weighted by Gasteiger charge is -2.25. The number of anilines is 1. The molecule has 0 aromatic carbocycles. The number of hydrogen-bond donors (Lipinski definition) is 1. The molecule has 1 atom stereocenters. The van der Waals surface area contributed by atoms with Gasteiger partial charge in [0, 0.05) is 19.2 Å². The quantitative estimate of drug-likeness (QED) is 0.607. The number of nitrogens with zero attached hydrogens (tertiary/aromatic N) is 3. The van der Waals surface area contributed by atoms with Crippen LogP contribution in [0.5, 0.6) is 0 Å². The summed E-state index contributed by atoms with van der Waals surface area (Å²) in [5, 5.41) is 0.992. The van der Waals surface area contributed by atoms with Gasteiger partial charge in [-0.15, -0.1) is 11.8 Å². The highest BCUT2D eigenvalue weighted by atomic mass is 32.2. The Balaban J connectivity index is 2.76. The molecule has 1 aromatic rings. The number of thioether (sulfide) groups is 1. The van der Waals surface area contributed by atoms with Crippen molar-refractivity contribution in [1.29, 1.82) is 0 Å². The summed E-state index contributed by atoms with van der Waals surface area (Å²) >= 11 is 1.62. The Bertz CT molecular complexity index is 305. The Morgan fingerprint density at radius 1 is 1.53 bits per heavy atom. The molecule has 0 saturated carbocycles. The zero-order valence-corrected chi connectivity index (χ0v) is 10.3. The van der Waals surface area contributed by atoms with Crippen LogP contribution in [0.2, 0.25) is 0 Å². The van der Waals surface area contributed by atoms with Gasteiger partial charge in [0.2, 0.25) is 0 Å². The second-order valence-electron chi connectivity index (χ2n) is 3.46. The summed E-state index contributed by atoms with van der Waals surface area (Å²) in [4.78, 5) is 10.5. The first-order chi connectivity index (χ1) is 7.19. The second kappa shape index (κ2) is 5.92. The molecule has 0 amide bonds. The normalized spacial score (nSPS) is 12.5. The summed E-state index contributed by atoms with van der Waals surface area (Å²) in [6.07, 6.45) is 4.58. The zero-order valence-electron chi connectivity index (χ0n) is 9.47. The van der Waals surface area contributed by atoms with Crippen molar-refractivity contribution in [2.45, 2.75) is 24.4 Å². The van der Waals surface area contributed by atoms with Crippen LogP contribution in [0.4, 0.5) is 5.82 Å². The molecular weight excluding hydrogens is 208 g/mol. The fourth-order valence-electron chi connectivity index (χ4n) is 1.30. The van der Waals surface area contributed by atoms with E-state index in [4.69, 9.17) is 5.73 Å². The van der Waals surface area contributed by atoms with E-state index in [1.807, 2.05) is 19.4 Å². The van der Waals surface area contributed by atoms with Gasteiger partial charge in [-0.05, 0) is 26.1 Å². The van der Waals surface area contributed by atoms with Crippen LogP contribution in [0.15, 0.2) is 17.4 Å². The molecule has 0 bridgehead atoms. The van der Waals surface area contributed by atoms with Crippen LogP contribution in [-0.4, -0.2) is 35.9 Å². The number of hydrogen-bond acceptors (Lipinski definition) is 5. The largest absolute Gasteiger partial charge is 0.357 e. The molecule has 84 valence electrons. The van der Waals surface area contributed by atoms with Gasteiger partial charge in [-0.2, -0.15) is 0 Å². The Hall–Kier alpha value is -0.810. The van der Waals surface area contributed by atoms with Crippen molar-refractivity contribution in [1.82, 2.24) is 9.97 Å². The van der Waals surface area contributed by atoms with Gasteiger partial charge in [-0.1, -0.05) is 0 Å². The van der Waals surface area contributed by atoms with E-state index in [1.165, 1.54) is 0 Å². The van der Waals surface area contributed by atoms with E-state index in [2.05, 4.69) is 21.8 Å². The molecule has 4 nitrogen and oxygen atoms in total. The van der Waals surface area contributed by atoms with Crippen LogP contribution in [-0.2, 0) is 0 Å². The maximum absolute atomic E-state index is 5.54. The summed E-state index contributed by atoms with van der Waals surface area (Å²) < 4.78 is 0. The van der Waals surface area contributed by atoms with Gasteiger partial charge in [0.25, 0.3) is 0 Å². The highest BCUT2D eigenvalue weighted by Gasteiger charge is 2.10. The minimum absolute atomic E-state index is 0.402. The fourth-order valence-corrected chi connectivity index (χ4v) is 1.67. The van der Waals surface area contributed by atoms with Crippen molar-refractivity contribution < 1.29 is 0 Å². The first kappa shape index (κ1) is 12.3. The van der Waals surface area contributed by atoms with Gasteiger partial charge in [-0.3, -0.25) is 0 Å². The lowest BCUT2D eigenvalue weighted by atomic mass is 10.2. The molecule has 0 aliphatic carbocycles. The van der Waals surface area contributed by atoms with Crippen LogP contribution >= 0.6 is 11.8 Å². The molecule has 5 heteroatoms. The third-order valence-electron chi connectivity index (χ3n) is 2.44. The minimum Gasteiger partial charge on any atom is -0.357 e. The number of nitrogens with two attached hydrogens (primary N) is 1. The van der Waals surface area contributed by atoms with E-state index in [0.717, 1.165) is 17.3 Å². The Labute approximate surface area is 95.3 Å². The fraction of sp³-hybridized carbons (Fsp3) is 0.600. The lowest BCUT2D eigenvalue weighted by Crippen LogP contribution is -2.31. The van der Waals surface area contributed by atoms with Crippen LogP contribution in [0.1, 0.15) is 13.3 Å². The minimum atomic E-state index is 0.402. The van der Waals surface area contributed by atoms with Crippen molar-refractivity contribution in [3.63, 3.8) is 0 Å². The van der Waals surface area contributed by atoms with Gasteiger partial charge in [0.05, 0.1) is 0 Å². The lowest BCUT2D eigenvalue weighted by molar-refractivity contribution is 0.628. The molecule has 0 spiro atoms. The van der Waals surface area contributed by atoms with Gasteiger partial charge < -0.3 is 10.6 Å². The summed E-state index contributed by atoms with van der Waals surface area (Å²) in [6, 6.07) is 2.40. The third kappa shape index (κ3) is 3.35. The Morgan fingerprint density at radius 3 is 2.87 bits per heavy atom. The first-order valence-electron chi connectivity index (χ1n) is 4.98. The Kier molecular flexibility index (Phi) is 4.84. The van der Waals surface area contributed by atoms with Crippen molar-refractivity contribution >= 4 is 17.6 Å². The Morgan fingerprint density at radius 2 is 2.27 bits per heavy atom. The van der Waals surface area contributed by atoms with Crippen molar-refractivity contribution in [2.75, 3.05) is 24.7 Å². The number of rotatable bonds is 5. The average molecular weight is 226 g/mol. The van der Waals surface area contributed by atoms with E-state index < -0.39 is 0 Å². The van der Waals surface area contributed by atoms with Crippen molar-refractivity contribution in [2.24, 2.45) is 5.73 Å². The molecule has 0 radical (unpaired) electrons. The van der Waals surface area contributed by atoms with Gasteiger partial charge in [-0.25, -0.2) is 9.97 Å². The van der Waals surface area contributed by atoms with Gasteiger partial charge in [0.1, 0.15) is 17.2 Å². The van der Waals surface area contributed by atoms with Gasteiger partial charge >= 0.3 is 0 Å². The highest BCUT2D eigenvalue weighted by molar-refractivity contribution is 7.98. The maximum atomic E-state index is 5.54. The summed E-state index contributed by atoms with van der Waals surface area (Å²) in [6.45, 7) is 2.85. The van der Waals surface area contributed by atoms with E-state index >= 15 is 0 Å². The summed E-state index contributed by atoms with van der Waals surface area (Å²) in [5.74, 6) is 0.954. The van der Waals surface area contributed by atoms with Crippen molar-refractivity contribution in [3.05, 3.63) is 12.4 Å². The molecule has 15 heavy (non-hydrogen) atoms. The zero-order chi connectivity index (χ0) is 11.3. The topological polar surface area (TPSA) is 55.0 Å². The van der Waals surface area contributed by atoms with Crippen LogP contribution in [0.25, 0.3) is 0 Å². The van der Waals surface area contributed by atoms with Crippen LogP contribution in [0.3, 0.4) is 0 Å². The van der Waals surface area contributed by atoms with E-state index in [9.17, 15) is 0 Å². The van der Waals surface area contributed by atoms with Crippen molar-refractivity contribution in [3.8, 4) is 0 Å². The standard InChI is InChI=1S/C10H18N4S/c1-8(4-5-11)14(2)9-6-10(15-3)13-7-12-9/h6-8H,4-5,11H2,1-3H3. The molecule has 0 fully saturated rings. The molecule has 0 aliphatic heterocycles. The predicted octanol–water partition coefficient (Wildman–Crippen LogP) is 1.37. The van der Waals surface area contributed by atoms with Crippen LogP contribution < -0.4 is 10.6 Å². The maximum Gasteiger partial charge on any atom is 0.133 e. The van der Waals surface area contributed by atoms with E-state index in [0.29, 0.717) is 12.6 Å². The van der Waals surface area contributed by atoms with E-state index in [-0.39, 0.29) is 0 Å². The molecule has 1 heterocycles. The molecule has 1 unspecified atom stereocenters. The number of aromatic nitrogens is 2. The van der Waals surface area contributed by atoms with Gasteiger partial charge in [0.15, 0.2) is 0 Å². The molecule has 1 aromatic heterocycles. The smallest absolute Gasteiger partial charge is 0.133 e. The summed E-state index contributed by atoms with van der Waals surface area (Å²) in [5.41, 5.74) is 5.54. The molecule has 0 aliphatic rings. The molecule has 2 N–H and O–H groups in total. The molecule has 1 rings (SSSR count). The average Bonchev–Trinajstić information content (AvgIpc) is 2.28. The third-order valence-corrected chi connectivity index (χ3v) is 3.09. The first-order valence-corrected chi connectivity index (χ1v) is 6.20. The molecule has 0 saturated heterocycles. The second-order valence-corrected chi connectivity index (χ2v) is 4.28. The van der Waals surface area contributed by atoms with E-state index in [1.54, 1.807) is 18.1 Å². The predicted molar refractivity (Wildman–Crippen MR) is 65.3 cm³/mol. The monoisotopic (exact) mass is 226 g/mol. The molecular formula is C10H18N4S. The SMILES string of the molecule is CSc1cc(N(C)C(C)CCN)ncn1. The highest BCUT2D eigenvalue weighted by Crippen LogP contribution is 2.18. The summed E-state index contributed by atoms with van der Waals surface area (Å²) in [7, 11) is 2.03.